The van der Waals surface area contributed by atoms with E-state index in [-0.39, 0.29) is 18.2 Å². The fourth-order valence-corrected chi connectivity index (χ4v) is 3.24. The van der Waals surface area contributed by atoms with Crippen LogP contribution in [0.5, 0.6) is 0 Å². The lowest BCUT2D eigenvalue weighted by molar-refractivity contribution is 0.262. The Morgan fingerprint density at radius 3 is 2.79 bits per heavy atom. The Labute approximate surface area is 143 Å². The monoisotopic (exact) mass is 332 g/mol. The number of nitrogens with one attached hydrogen (secondary N) is 3. The molecule has 0 bridgehead atoms. The van der Waals surface area contributed by atoms with Gasteiger partial charge in [0.1, 0.15) is 5.82 Å². The number of pyridine rings is 1. The zero-order valence-electron chi connectivity index (χ0n) is 14.3. The van der Waals surface area contributed by atoms with Gasteiger partial charge in [0.2, 0.25) is 0 Å². The normalized spacial score (nSPS) is 16.4. The highest BCUT2D eigenvalue weighted by atomic mass is 16.3. The predicted molar refractivity (Wildman–Crippen MR) is 97.8 cm³/mol. The zero-order valence-corrected chi connectivity index (χ0v) is 14.3. The molecular formula is C18H28N4O2. The van der Waals surface area contributed by atoms with E-state index in [9.17, 15) is 9.90 Å². The Morgan fingerprint density at radius 1 is 1.46 bits per heavy atom. The quantitative estimate of drug-likeness (QED) is 0.551. The zero-order chi connectivity index (χ0) is 17.5. The maximum absolute atomic E-state index is 12.3. The number of hydrogen-bond acceptors (Lipinski definition) is 5. The first kappa shape index (κ1) is 18.3. The van der Waals surface area contributed by atoms with E-state index in [1.807, 2.05) is 6.92 Å². The van der Waals surface area contributed by atoms with Crippen molar-refractivity contribution in [2.24, 2.45) is 0 Å². The summed E-state index contributed by atoms with van der Waals surface area (Å²) in [4.78, 5) is 12.3. The summed E-state index contributed by atoms with van der Waals surface area (Å²) >= 11 is 0. The molecule has 1 fully saturated rings. The molecule has 6 heteroatoms. The maximum atomic E-state index is 12.3. The third-order valence-corrected chi connectivity index (χ3v) is 4.55. The second-order valence-electron chi connectivity index (χ2n) is 6.43. The van der Waals surface area contributed by atoms with Crippen LogP contribution in [0.25, 0.3) is 0 Å². The fourth-order valence-electron chi connectivity index (χ4n) is 3.24. The lowest BCUT2D eigenvalue weighted by Gasteiger charge is -2.27. The fraction of sp³-hybridized carbons (Fsp3) is 0.556. The third-order valence-electron chi connectivity index (χ3n) is 4.55. The Bertz CT molecular complexity index is 632. The summed E-state index contributed by atoms with van der Waals surface area (Å²) in [5.41, 5.74) is 0.459. The van der Waals surface area contributed by atoms with Gasteiger partial charge in [0.15, 0.2) is 0 Å². The summed E-state index contributed by atoms with van der Waals surface area (Å²) in [6.07, 6.45) is 7.67. The molecule has 1 heterocycles. The molecule has 1 aliphatic carbocycles. The van der Waals surface area contributed by atoms with Gasteiger partial charge in [0, 0.05) is 36.5 Å². The van der Waals surface area contributed by atoms with Gasteiger partial charge in [-0.05, 0) is 32.3 Å². The highest BCUT2D eigenvalue weighted by molar-refractivity contribution is 5.84. The van der Waals surface area contributed by atoms with Gasteiger partial charge in [0.25, 0.3) is 5.56 Å². The van der Waals surface area contributed by atoms with E-state index in [0.29, 0.717) is 29.7 Å². The van der Waals surface area contributed by atoms with E-state index in [2.05, 4.69) is 17.2 Å². The van der Waals surface area contributed by atoms with Crippen LogP contribution in [0.15, 0.2) is 29.3 Å². The van der Waals surface area contributed by atoms with E-state index < -0.39 is 0 Å². The topological polar surface area (TPSA) is 90.1 Å². The first-order valence-electron chi connectivity index (χ1n) is 8.66. The van der Waals surface area contributed by atoms with Gasteiger partial charge in [-0.15, -0.1) is 0 Å². The minimum absolute atomic E-state index is 0.00311. The minimum atomic E-state index is -0.174. The molecule has 0 radical (unpaired) electrons. The van der Waals surface area contributed by atoms with Crippen molar-refractivity contribution in [2.75, 3.05) is 11.9 Å². The molecule has 1 aromatic heterocycles. The van der Waals surface area contributed by atoms with Crippen LogP contribution in [0.4, 0.5) is 5.82 Å². The van der Waals surface area contributed by atoms with Crippen LogP contribution < -0.4 is 16.2 Å². The molecule has 132 valence electrons. The Balaban J connectivity index is 2.23. The standard InChI is InChI=1S/C18H28N4O2/c1-13(10-11-23)22-17(24)9-8-15(12-19)18(22)21-14(2)20-16-6-4-3-5-7-16/h8-9,12-13,16,19-21,23H,2-7,10-11H2,1H3. The lowest BCUT2D eigenvalue weighted by atomic mass is 9.96. The molecule has 24 heavy (non-hydrogen) atoms. The van der Waals surface area contributed by atoms with Gasteiger partial charge >= 0.3 is 0 Å². The van der Waals surface area contributed by atoms with Crippen molar-refractivity contribution in [3.05, 3.63) is 40.4 Å². The molecule has 0 aromatic carbocycles. The summed E-state index contributed by atoms with van der Waals surface area (Å²) in [6, 6.07) is 3.32. The largest absolute Gasteiger partial charge is 0.396 e. The van der Waals surface area contributed by atoms with Crippen molar-refractivity contribution < 1.29 is 5.11 Å². The molecule has 2 rings (SSSR count). The Kier molecular flexibility index (Phi) is 6.61. The van der Waals surface area contributed by atoms with Gasteiger partial charge in [0.05, 0.1) is 5.82 Å². The number of anilines is 1. The number of aromatic nitrogens is 1. The van der Waals surface area contributed by atoms with E-state index in [4.69, 9.17) is 5.41 Å². The number of rotatable bonds is 8. The smallest absolute Gasteiger partial charge is 0.252 e. The number of aliphatic hydroxyl groups is 1. The molecule has 0 aliphatic heterocycles. The molecule has 1 unspecified atom stereocenters. The van der Waals surface area contributed by atoms with Gasteiger partial charge in [-0.1, -0.05) is 25.8 Å². The van der Waals surface area contributed by atoms with Gasteiger partial charge in [-0.25, -0.2) is 0 Å². The van der Waals surface area contributed by atoms with Crippen LogP contribution in [0.2, 0.25) is 0 Å². The van der Waals surface area contributed by atoms with Crippen LogP contribution in [0, 0.1) is 5.41 Å². The van der Waals surface area contributed by atoms with E-state index in [0.717, 1.165) is 12.8 Å². The Morgan fingerprint density at radius 2 is 2.17 bits per heavy atom. The first-order chi connectivity index (χ1) is 11.6. The van der Waals surface area contributed by atoms with Gasteiger partial charge in [-0.2, -0.15) is 0 Å². The summed E-state index contributed by atoms with van der Waals surface area (Å²) < 4.78 is 1.59. The SMILES string of the molecule is C=C(Nc1c(C=N)ccc(=O)n1C(C)CCO)NC1CCCCC1. The third kappa shape index (κ3) is 4.47. The van der Waals surface area contributed by atoms with Crippen LogP contribution in [0.3, 0.4) is 0 Å². The lowest BCUT2D eigenvalue weighted by Crippen LogP contribution is -2.34. The average Bonchev–Trinajstić information content (AvgIpc) is 2.56. The molecule has 0 spiro atoms. The summed E-state index contributed by atoms with van der Waals surface area (Å²) in [5, 5.41) is 23.4. The average molecular weight is 332 g/mol. The molecule has 1 atom stereocenters. The van der Waals surface area contributed by atoms with Gasteiger partial charge in [-0.3, -0.25) is 9.36 Å². The molecule has 1 aliphatic rings. The molecule has 1 saturated carbocycles. The first-order valence-corrected chi connectivity index (χ1v) is 8.66. The van der Waals surface area contributed by atoms with Crippen molar-refractivity contribution in [1.29, 1.82) is 5.41 Å². The van der Waals surface area contributed by atoms with Crippen molar-refractivity contribution in [3.63, 3.8) is 0 Å². The molecule has 6 nitrogen and oxygen atoms in total. The Hall–Kier alpha value is -2.08. The van der Waals surface area contributed by atoms with Crippen LogP contribution in [0.1, 0.15) is 57.1 Å². The molecule has 0 amide bonds. The van der Waals surface area contributed by atoms with Crippen LogP contribution >= 0.6 is 0 Å². The van der Waals surface area contributed by atoms with Gasteiger partial charge < -0.3 is 21.1 Å². The second kappa shape index (κ2) is 8.68. The summed E-state index contributed by atoms with van der Waals surface area (Å²) in [5.74, 6) is 1.19. The number of nitrogens with zero attached hydrogens (tertiary/aromatic N) is 1. The second-order valence-corrected chi connectivity index (χ2v) is 6.43. The highest BCUT2D eigenvalue weighted by Crippen LogP contribution is 2.21. The molecule has 0 saturated heterocycles. The summed E-state index contributed by atoms with van der Waals surface area (Å²) in [6.45, 7) is 5.92. The van der Waals surface area contributed by atoms with Crippen LogP contribution in [-0.4, -0.2) is 28.5 Å². The molecule has 4 N–H and O–H groups in total. The van der Waals surface area contributed by atoms with Crippen molar-refractivity contribution in [3.8, 4) is 0 Å². The molecule has 1 aromatic rings. The minimum Gasteiger partial charge on any atom is -0.396 e. The van der Waals surface area contributed by atoms with E-state index in [1.54, 1.807) is 10.6 Å². The predicted octanol–water partition coefficient (Wildman–Crippen LogP) is 2.59. The van der Waals surface area contributed by atoms with Crippen molar-refractivity contribution in [1.82, 2.24) is 9.88 Å². The number of aliphatic hydroxyl groups excluding tert-OH is 1. The highest BCUT2D eigenvalue weighted by Gasteiger charge is 2.17. The summed E-state index contributed by atoms with van der Waals surface area (Å²) in [7, 11) is 0. The van der Waals surface area contributed by atoms with E-state index >= 15 is 0 Å². The number of hydrogen-bond donors (Lipinski definition) is 4. The van der Waals surface area contributed by atoms with E-state index in [1.165, 1.54) is 31.5 Å². The van der Waals surface area contributed by atoms with Crippen molar-refractivity contribution in [2.45, 2.75) is 57.5 Å². The maximum Gasteiger partial charge on any atom is 0.252 e. The van der Waals surface area contributed by atoms with Crippen LogP contribution in [-0.2, 0) is 0 Å². The van der Waals surface area contributed by atoms with Crippen molar-refractivity contribution >= 4 is 12.0 Å². The molecular weight excluding hydrogens is 304 g/mol.